The highest BCUT2D eigenvalue weighted by atomic mass is 79.9. The summed E-state index contributed by atoms with van der Waals surface area (Å²) in [4.78, 5) is 15.7. The largest absolute Gasteiger partial charge is 0.359 e. The summed E-state index contributed by atoms with van der Waals surface area (Å²) < 4.78 is 3.04. The molecule has 2 aromatic rings. The van der Waals surface area contributed by atoms with Crippen LogP contribution in [0.2, 0.25) is 0 Å². The molecule has 0 aliphatic heterocycles. The van der Waals surface area contributed by atoms with E-state index in [1.807, 2.05) is 23.6 Å². The Balaban J connectivity index is 2.44. The Hall–Kier alpha value is -1.60. The van der Waals surface area contributed by atoms with Gasteiger partial charge in [-0.1, -0.05) is 13.8 Å². The van der Waals surface area contributed by atoms with E-state index in [1.165, 1.54) is 0 Å². The Labute approximate surface area is 131 Å². The number of halogens is 1. The number of pyridine rings is 1. The standard InChI is InChI=1S/C14H19BrN4O2/c1-8(2)4-11-14(16-6-13(20)18-21)17-12-5-9(3)10(15)7-19(11)12/h5,7-8,16,21H,4,6H2,1-3H3,(H,18,20). The molecule has 0 atom stereocenters. The van der Waals surface area contributed by atoms with Gasteiger partial charge in [-0.2, -0.15) is 0 Å². The molecule has 0 aromatic carbocycles. The predicted molar refractivity (Wildman–Crippen MR) is 84.6 cm³/mol. The number of aromatic nitrogens is 2. The van der Waals surface area contributed by atoms with Gasteiger partial charge in [-0.25, -0.2) is 10.5 Å². The molecular weight excluding hydrogens is 336 g/mol. The Bertz CT molecular complexity index is 667. The highest BCUT2D eigenvalue weighted by Gasteiger charge is 2.15. The number of hydrogen-bond acceptors (Lipinski definition) is 4. The molecule has 0 spiro atoms. The van der Waals surface area contributed by atoms with Gasteiger partial charge >= 0.3 is 0 Å². The molecule has 0 saturated heterocycles. The van der Waals surface area contributed by atoms with Gasteiger partial charge in [0, 0.05) is 10.7 Å². The van der Waals surface area contributed by atoms with E-state index in [0.29, 0.717) is 11.7 Å². The second-order valence-corrected chi connectivity index (χ2v) is 6.28. The summed E-state index contributed by atoms with van der Waals surface area (Å²) >= 11 is 3.53. The Morgan fingerprint density at radius 2 is 2.24 bits per heavy atom. The van der Waals surface area contributed by atoms with Gasteiger partial charge in [0.25, 0.3) is 5.91 Å². The lowest BCUT2D eigenvalue weighted by Gasteiger charge is -2.09. The maximum Gasteiger partial charge on any atom is 0.262 e. The number of aryl methyl sites for hydroxylation is 1. The fourth-order valence-corrected chi connectivity index (χ4v) is 2.45. The third-order valence-electron chi connectivity index (χ3n) is 3.14. The van der Waals surface area contributed by atoms with Crippen molar-refractivity contribution in [1.29, 1.82) is 0 Å². The van der Waals surface area contributed by atoms with E-state index in [0.717, 1.165) is 27.8 Å². The quantitative estimate of drug-likeness (QED) is 0.569. The maximum atomic E-state index is 11.2. The summed E-state index contributed by atoms with van der Waals surface area (Å²) in [5.41, 5.74) is 4.56. The number of carbonyl (C=O) groups is 1. The first kappa shape index (κ1) is 15.8. The number of nitrogens with zero attached hydrogens (tertiary/aromatic N) is 2. The lowest BCUT2D eigenvalue weighted by atomic mass is 10.1. The molecule has 7 heteroatoms. The molecule has 0 aliphatic rings. The first-order valence-electron chi connectivity index (χ1n) is 6.76. The molecule has 0 bridgehead atoms. The minimum Gasteiger partial charge on any atom is -0.359 e. The fourth-order valence-electron chi connectivity index (χ4n) is 2.14. The Morgan fingerprint density at radius 1 is 1.52 bits per heavy atom. The molecule has 2 aromatic heterocycles. The lowest BCUT2D eigenvalue weighted by molar-refractivity contribution is -0.127. The summed E-state index contributed by atoms with van der Waals surface area (Å²) in [7, 11) is 0. The smallest absolute Gasteiger partial charge is 0.262 e. The van der Waals surface area contributed by atoms with Crippen LogP contribution in [-0.2, 0) is 11.2 Å². The number of hydrogen-bond donors (Lipinski definition) is 3. The van der Waals surface area contributed by atoms with Crippen LogP contribution in [0.3, 0.4) is 0 Å². The third-order valence-corrected chi connectivity index (χ3v) is 3.97. The van der Waals surface area contributed by atoms with Crippen molar-refractivity contribution in [2.45, 2.75) is 27.2 Å². The van der Waals surface area contributed by atoms with E-state index in [-0.39, 0.29) is 6.54 Å². The number of fused-ring (bicyclic) bond motifs is 1. The molecular formula is C14H19BrN4O2. The highest BCUT2D eigenvalue weighted by Crippen LogP contribution is 2.25. The maximum absolute atomic E-state index is 11.2. The van der Waals surface area contributed by atoms with E-state index >= 15 is 0 Å². The predicted octanol–water partition coefficient (Wildman–Crippen LogP) is 2.52. The molecule has 0 aliphatic carbocycles. The summed E-state index contributed by atoms with van der Waals surface area (Å²) in [6.45, 7) is 6.25. The number of carbonyl (C=O) groups excluding carboxylic acids is 1. The molecule has 0 saturated carbocycles. The Morgan fingerprint density at radius 3 is 2.86 bits per heavy atom. The number of rotatable bonds is 5. The molecule has 0 unspecified atom stereocenters. The number of hydroxylamine groups is 1. The van der Waals surface area contributed by atoms with E-state index in [4.69, 9.17) is 5.21 Å². The molecule has 6 nitrogen and oxygen atoms in total. The normalized spacial score (nSPS) is 11.1. The number of imidazole rings is 1. The SMILES string of the molecule is Cc1cc2nc(NCC(=O)NO)c(CC(C)C)n2cc1Br. The molecule has 114 valence electrons. The minimum absolute atomic E-state index is 0.0222. The van der Waals surface area contributed by atoms with Gasteiger partial charge in [0.1, 0.15) is 11.5 Å². The first-order chi connectivity index (χ1) is 9.92. The van der Waals surface area contributed by atoms with Gasteiger partial charge in [-0.3, -0.25) is 10.0 Å². The average molecular weight is 355 g/mol. The van der Waals surface area contributed by atoms with Gasteiger partial charge in [-0.15, -0.1) is 0 Å². The first-order valence-corrected chi connectivity index (χ1v) is 7.55. The van der Waals surface area contributed by atoms with Crippen LogP contribution in [0.4, 0.5) is 5.82 Å². The van der Waals surface area contributed by atoms with Crippen LogP contribution >= 0.6 is 15.9 Å². The van der Waals surface area contributed by atoms with Crippen molar-refractivity contribution >= 4 is 33.3 Å². The van der Waals surface area contributed by atoms with Gasteiger partial charge in [0.05, 0.1) is 12.2 Å². The van der Waals surface area contributed by atoms with Crippen LogP contribution in [0.5, 0.6) is 0 Å². The van der Waals surface area contributed by atoms with Crippen LogP contribution in [0.15, 0.2) is 16.7 Å². The zero-order valence-electron chi connectivity index (χ0n) is 12.3. The second-order valence-electron chi connectivity index (χ2n) is 5.43. The fraction of sp³-hybridized carbons (Fsp3) is 0.429. The molecule has 3 N–H and O–H groups in total. The number of anilines is 1. The van der Waals surface area contributed by atoms with Crippen molar-refractivity contribution in [3.63, 3.8) is 0 Å². The van der Waals surface area contributed by atoms with Crippen LogP contribution in [-0.4, -0.2) is 27.0 Å². The van der Waals surface area contributed by atoms with Gasteiger partial charge in [0.2, 0.25) is 0 Å². The zero-order chi connectivity index (χ0) is 15.6. The summed E-state index contributed by atoms with van der Waals surface area (Å²) in [6, 6.07) is 1.99. The molecule has 2 rings (SSSR count). The van der Waals surface area contributed by atoms with Crippen LogP contribution in [0, 0.1) is 12.8 Å². The van der Waals surface area contributed by atoms with E-state index < -0.39 is 5.91 Å². The Kier molecular flexibility index (Phi) is 4.84. The van der Waals surface area contributed by atoms with Crippen molar-refractivity contribution in [2.75, 3.05) is 11.9 Å². The summed E-state index contributed by atoms with van der Waals surface area (Å²) in [5.74, 6) is 0.627. The van der Waals surface area contributed by atoms with E-state index in [2.05, 4.69) is 40.1 Å². The van der Waals surface area contributed by atoms with Gasteiger partial charge < -0.3 is 9.72 Å². The third kappa shape index (κ3) is 3.54. The molecule has 2 heterocycles. The monoisotopic (exact) mass is 354 g/mol. The van der Waals surface area contributed by atoms with Crippen LogP contribution in [0.25, 0.3) is 5.65 Å². The number of nitrogens with one attached hydrogen (secondary N) is 2. The van der Waals surface area contributed by atoms with Gasteiger partial charge in [-0.05, 0) is 46.8 Å². The summed E-state index contributed by atoms with van der Waals surface area (Å²) in [6.07, 6.45) is 2.83. The van der Waals surface area contributed by atoms with Crippen molar-refractivity contribution in [1.82, 2.24) is 14.9 Å². The van der Waals surface area contributed by atoms with Crippen molar-refractivity contribution in [3.8, 4) is 0 Å². The molecule has 0 radical (unpaired) electrons. The van der Waals surface area contributed by atoms with Crippen LogP contribution in [0.1, 0.15) is 25.1 Å². The second kappa shape index (κ2) is 6.44. The van der Waals surface area contributed by atoms with Crippen LogP contribution < -0.4 is 10.8 Å². The molecule has 0 fully saturated rings. The van der Waals surface area contributed by atoms with E-state index in [9.17, 15) is 4.79 Å². The summed E-state index contributed by atoms with van der Waals surface area (Å²) in [5, 5.41) is 11.5. The topological polar surface area (TPSA) is 78.7 Å². The molecule has 21 heavy (non-hydrogen) atoms. The number of amides is 1. The zero-order valence-corrected chi connectivity index (χ0v) is 13.9. The van der Waals surface area contributed by atoms with E-state index in [1.54, 1.807) is 5.48 Å². The van der Waals surface area contributed by atoms with Crippen molar-refractivity contribution in [3.05, 3.63) is 28.0 Å². The van der Waals surface area contributed by atoms with Gasteiger partial charge in [0.15, 0.2) is 0 Å². The highest BCUT2D eigenvalue weighted by molar-refractivity contribution is 9.10. The average Bonchev–Trinajstić information content (AvgIpc) is 2.73. The van der Waals surface area contributed by atoms with Crippen molar-refractivity contribution in [2.24, 2.45) is 5.92 Å². The lowest BCUT2D eigenvalue weighted by Crippen LogP contribution is -2.27. The minimum atomic E-state index is -0.500. The van der Waals surface area contributed by atoms with Crippen molar-refractivity contribution < 1.29 is 10.0 Å². The molecule has 1 amide bonds.